The average molecular weight is 288 g/mol. The van der Waals surface area contributed by atoms with Crippen LogP contribution in [0.5, 0.6) is 0 Å². The summed E-state index contributed by atoms with van der Waals surface area (Å²) in [6.45, 7) is 7.95. The van der Waals surface area contributed by atoms with Crippen LogP contribution in [0.15, 0.2) is 24.3 Å². The quantitative estimate of drug-likeness (QED) is 0.835. The highest BCUT2D eigenvalue weighted by Crippen LogP contribution is 2.26. The predicted molar refractivity (Wildman–Crippen MR) is 84.2 cm³/mol. The van der Waals surface area contributed by atoms with Crippen LogP contribution in [0.1, 0.15) is 32.8 Å². The number of hydrogen-bond acceptors (Lipinski definition) is 2. The first-order valence-corrected chi connectivity index (χ1v) is 7.78. The van der Waals surface area contributed by atoms with Gasteiger partial charge in [-0.25, -0.2) is 0 Å². The first-order chi connectivity index (χ1) is 10.1. The Morgan fingerprint density at radius 3 is 2.33 bits per heavy atom. The molecule has 1 aromatic carbocycles. The number of rotatable bonds is 5. The molecule has 21 heavy (non-hydrogen) atoms. The van der Waals surface area contributed by atoms with Gasteiger partial charge in [-0.1, -0.05) is 19.1 Å². The van der Waals surface area contributed by atoms with E-state index in [4.69, 9.17) is 0 Å². The Morgan fingerprint density at radius 2 is 1.81 bits per heavy atom. The SMILES string of the molecule is CCc1ccc(N2C[C@H](C(=O)N(CC)CC)CC2=O)cc1. The Hall–Kier alpha value is -1.84. The van der Waals surface area contributed by atoms with E-state index in [2.05, 4.69) is 6.92 Å². The van der Waals surface area contributed by atoms with Gasteiger partial charge in [-0.2, -0.15) is 0 Å². The number of amides is 2. The summed E-state index contributed by atoms with van der Waals surface area (Å²) in [6, 6.07) is 8.03. The van der Waals surface area contributed by atoms with Crippen molar-refractivity contribution in [3.8, 4) is 0 Å². The maximum absolute atomic E-state index is 12.4. The maximum Gasteiger partial charge on any atom is 0.227 e. The number of carbonyl (C=O) groups excluding carboxylic acids is 2. The second kappa shape index (κ2) is 6.74. The number of aryl methyl sites for hydroxylation is 1. The summed E-state index contributed by atoms with van der Waals surface area (Å²) in [6.07, 6.45) is 1.31. The lowest BCUT2D eigenvalue weighted by Crippen LogP contribution is -2.37. The van der Waals surface area contributed by atoms with E-state index >= 15 is 0 Å². The standard InChI is InChI=1S/C17H24N2O2/c1-4-13-7-9-15(10-8-13)19-12-14(11-16(19)20)17(21)18(5-2)6-3/h7-10,14H,4-6,11-12H2,1-3H3/t14-/m1/s1. The summed E-state index contributed by atoms with van der Waals surface area (Å²) in [4.78, 5) is 28.1. The van der Waals surface area contributed by atoms with Gasteiger partial charge in [0.05, 0.1) is 5.92 Å². The van der Waals surface area contributed by atoms with Crippen LogP contribution in [-0.4, -0.2) is 36.3 Å². The van der Waals surface area contributed by atoms with Crippen molar-refractivity contribution in [2.24, 2.45) is 5.92 Å². The molecule has 0 saturated carbocycles. The molecule has 0 aromatic heterocycles. The molecule has 1 aliphatic heterocycles. The molecule has 0 bridgehead atoms. The molecule has 0 unspecified atom stereocenters. The van der Waals surface area contributed by atoms with Gasteiger partial charge in [0.1, 0.15) is 0 Å². The highest BCUT2D eigenvalue weighted by molar-refractivity contribution is 6.00. The van der Waals surface area contributed by atoms with Crippen molar-refractivity contribution in [1.82, 2.24) is 4.90 Å². The van der Waals surface area contributed by atoms with Gasteiger partial charge >= 0.3 is 0 Å². The second-order valence-electron chi connectivity index (χ2n) is 5.44. The summed E-state index contributed by atoms with van der Waals surface area (Å²) >= 11 is 0. The smallest absolute Gasteiger partial charge is 0.227 e. The van der Waals surface area contributed by atoms with Crippen molar-refractivity contribution in [1.29, 1.82) is 0 Å². The number of carbonyl (C=O) groups is 2. The van der Waals surface area contributed by atoms with Crippen LogP contribution < -0.4 is 4.90 Å². The lowest BCUT2D eigenvalue weighted by atomic mass is 10.1. The van der Waals surface area contributed by atoms with E-state index < -0.39 is 0 Å². The van der Waals surface area contributed by atoms with Gasteiger partial charge in [-0.05, 0) is 38.0 Å². The molecular formula is C17H24N2O2. The van der Waals surface area contributed by atoms with Crippen molar-refractivity contribution < 1.29 is 9.59 Å². The van der Waals surface area contributed by atoms with Crippen LogP contribution in [0.25, 0.3) is 0 Å². The van der Waals surface area contributed by atoms with Crippen LogP contribution in [0, 0.1) is 5.92 Å². The summed E-state index contributed by atoms with van der Waals surface area (Å²) < 4.78 is 0. The predicted octanol–water partition coefficient (Wildman–Crippen LogP) is 2.47. The Morgan fingerprint density at radius 1 is 1.19 bits per heavy atom. The molecule has 2 rings (SSSR count). The molecule has 0 spiro atoms. The van der Waals surface area contributed by atoms with E-state index in [0.29, 0.717) is 26.1 Å². The van der Waals surface area contributed by atoms with Gasteiger partial charge in [0.25, 0.3) is 0 Å². The van der Waals surface area contributed by atoms with Crippen LogP contribution >= 0.6 is 0 Å². The third-order valence-electron chi connectivity index (χ3n) is 4.21. The minimum Gasteiger partial charge on any atom is -0.343 e. The van der Waals surface area contributed by atoms with Gasteiger partial charge in [0.15, 0.2) is 0 Å². The summed E-state index contributed by atoms with van der Waals surface area (Å²) in [5.41, 5.74) is 2.15. The minimum absolute atomic E-state index is 0.0461. The van der Waals surface area contributed by atoms with E-state index in [0.717, 1.165) is 12.1 Å². The summed E-state index contributed by atoms with van der Waals surface area (Å²) in [7, 11) is 0. The second-order valence-corrected chi connectivity index (χ2v) is 5.44. The molecule has 0 aliphatic carbocycles. The number of anilines is 1. The van der Waals surface area contributed by atoms with Crippen LogP contribution in [0.3, 0.4) is 0 Å². The van der Waals surface area contributed by atoms with Crippen molar-refractivity contribution in [2.75, 3.05) is 24.5 Å². The number of nitrogens with zero attached hydrogens (tertiary/aromatic N) is 2. The van der Waals surface area contributed by atoms with Crippen LogP contribution in [0.4, 0.5) is 5.69 Å². The molecule has 1 fully saturated rings. The third-order valence-corrected chi connectivity index (χ3v) is 4.21. The Kier molecular flexibility index (Phi) is 4.99. The topological polar surface area (TPSA) is 40.6 Å². The molecule has 2 amide bonds. The van der Waals surface area contributed by atoms with Crippen molar-refractivity contribution in [3.63, 3.8) is 0 Å². The molecule has 114 valence electrons. The molecule has 1 aromatic rings. The lowest BCUT2D eigenvalue weighted by Gasteiger charge is -2.22. The van der Waals surface area contributed by atoms with Gasteiger partial charge in [-0.3, -0.25) is 9.59 Å². The molecule has 1 saturated heterocycles. The monoisotopic (exact) mass is 288 g/mol. The zero-order chi connectivity index (χ0) is 15.4. The molecule has 1 aliphatic rings. The van der Waals surface area contributed by atoms with E-state index in [-0.39, 0.29) is 17.7 Å². The molecule has 1 atom stereocenters. The Bertz CT molecular complexity index is 506. The Labute approximate surface area is 126 Å². The van der Waals surface area contributed by atoms with Crippen molar-refractivity contribution in [3.05, 3.63) is 29.8 Å². The third kappa shape index (κ3) is 3.26. The number of hydrogen-bond donors (Lipinski definition) is 0. The molecule has 4 nitrogen and oxygen atoms in total. The first-order valence-electron chi connectivity index (χ1n) is 7.78. The highest BCUT2D eigenvalue weighted by Gasteiger charge is 2.36. The van der Waals surface area contributed by atoms with Crippen LogP contribution in [-0.2, 0) is 16.0 Å². The van der Waals surface area contributed by atoms with Crippen LogP contribution in [0.2, 0.25) is 0 Å². The maximum atomic E-state index is 12.4. The fraction of sp³-hybridized carbons (Fsp3) is 0.529. The van der Waals surface area contributed by atoms with E-state index in [1.165, 1.54) is 5.56 Å². The van der Waals surface area contributed by atoms with Gasteiger partial charge < -0.3 is 9.80 Å². The lowest BCUT2D eigenvalue weighted by molar-refractivity contribution is -0.135. The van der Waals surface area contributed by atoms with E-state index in [1.807, 2.05) is 43.0 Å². The first kappa shape index (κ1) is 15.5. The van der Waals surface area contributed by atoms with Gasteiger partial charge in [0.2, 0.25) is 11.8 Å². The van der Waals surface area contributed by atoms with Gasteiger partial charge in [-0.15, -0.1) is 0 Å². The Balaban J connectivity index is 2.10. The van der Waals surface area contributed by atoms with Crippen molar-refractivity contribution >= 4 is 17.5 Å². The van der Waals surface area contributed by atoms with Gasteiger partial charge in [0, 0.05) is 31.7 Å². The normalized spacial score (nSPS) is 18.1. The highest BCUT2D eigenvalue weighted by atomic mass is 16.2. The molecular weight excluding hydrogens is 264 g/mol. The van der Waals surface area contributed by atoms with E-state index in [1.54, 1.807) is 4.90 Å². The average Bonchev–Trinajstić information content (AvgIpc) is 2.90. The summed E-state index contributed by atoms with van der Waals surface area (Å²) in [5.74, 6) is -0.0611. The zero-order valence-corrected chi connectivity index (χ0v) is 13.1. The molecule has 0 N–H and O–H groups in total. The van der Waals surface area contributed by atoms with E-state index in [9.17, 15) is 9.59 Å². The fourth-order valence-electron chi connectivity index (χ4n) is 2.83. The summed E-state index contributed by atoms with van der Waals surface area (Å²) in [5, 5.41) is 0. The molecule has 4 heteroatoms. The van der Waals surface area contributed by atoms with Crippen molar-refractivity contribution in [2.45, 2.75) is 33.6 Å². The number of benzene rings is 1. The largest absolute Gasteiger partial charge is 0.343 e. The fourth-order valence-corrected chi connectivity index (χ4v) is 2.83. The minimum atomic E-state index is -0.205. The molecule has 0 radical (unpaired) electrons. The zero-order valence-electron chi connectivity index (χ0n) is 13.1. The molecule has 1 heterocycles.